The Balaban J connectivity index is 2.20. The van der Waals surface area contributed by atoms with E-state index in [0.29, 0.717) is 16.7 Å². The molecule has 0 fully saturated rings. The van der Waals surface area contributed by atoms with Crippen LogP contribution in [0.2, 0.25) is 0 Å². The second kappa shape index (κ2) is 5.13. The van der Waals surface area contributed by atoms with Crippen LogP contribution in [0.4, 0.5) is 11.4 Å². The van der Waals surface area contributed by atoms with Crippen molar-refractivity contribution in [3.63, 3.8) is 0 Å². The molecule has 7 nitrogen and oxygen atoms in total. The van der Waals surface area contributed by atoms with Crippen LogP contribution in [0.25, 0.3) is 0 Å². The number of aromatic nitrogens is 3. The molecule has 0 bridgehead atoms. The van der Waals surface area contributed by atoms with Crippen LogP contribution in [0.1, 0.15) is 5.69 Å². The van der Waals surface area contributed by atoms with E-state index in [9.17, 15) is 10.1 Å². The van der Waals surface area contributed by atoms with E-state index in [-0.39, 0.29) is 5.69 Å². The molecular weight excluding hydrogens is 302 g/mol. The Morgan fingerprint density at radius 3 is 2.94 bits per heavy atom. The second-order valence-corrected chi connectivity index (χ2v) is 4.46. The van der Waals surface area contributed by atoms with E-state index in [1.807, 2.05) is 19.3 Å². The lowest BCUT2D eigenvalue weighted by Gasteiger charge is -2.06. The minimum Gasteiger partial charge on any atom is -0.373 e. The zero-order chi connectivity index (χ0) is 13.1. The van der Waals surface area contributed by atoms with E-state index in [4.69, 9.17) is 0 Å². The van der Waals surface area contributed by atoms with Crippen LogP contribution >= 0.6 is 15.9 Å². The molecule has 0 atom stereocenters. The molecule has 1 N–H and O–H groups in total. The normalized spacial score (nSPS) is 10.3. The van der Waals surface area contributed by atoms with E-state index in [2.05, 4.69) is 31.3 Å². The lowest BCUT2D eigenvalue weighted by atomic mass is 10.3. The molecule has 0 saturated heterocycles. The quantitative estimate of drug-likeness (QED) is 0.690. The number of nitrogens with one attached hydrogen (secondary N) is 1. The molecule has 0 spiro atoms. The first-order chi connectivity index (χ1) is 8.58. The van der Waals surface area contributed by atoms with E-state index in [1.165, 1.54) is 12.4 Å². The summed E-state index contributed by atoms with van der Waals surface area (Å²) in [5, 5.41) is 18.0. The Labute approximate surface area is 111 Å². The molecule has 0 aliphatic heterocycles. The summed E-state index contributed by atoms with van der Waals surface area (Å²) in [6.45, 7) is 0.407. The standard InChI is InChI=1S/C10H10BrN5O2/c1-15-3-2-7(14-15)4-13-10-8(11)5-12-6-9(10)16(17)18/h2-3,5-6H,4H2,1H3,(H,12,13). The number of rotatable bonds is 4. The van der Waals surface area contributed by atoms with Crippen molar-refractivity contribution >= 4 is 27.3 Å². The van der Waals surface area contributed by atoms with Gasteiger partial charge in [0.2, 0.25) is 0 Å². The number of aryl methyl sites for hydroxylation is 1. The maximum absolute atomic E-state index is 10.9. The van der Waals surface area contributed by atoms with Gasteiger partial charge in [-0.05, 0) is 22.0 Å². The van der Waals surface area contributed by atoms with Crippen LogP contribution in [-0.2, 0) is 13.6 Å². The average Bonchev–Trinajstić information content (AvgIpc) is 2.73. The molecule has 0 aliphatic carbocycles. The summed E-state index contributed by atoms with van der Waals surface area (Å²) >= 11 is 3.24. The van der Waals surface area contributed by atoms with E-state index in [0.717, 1.165) is 5.69 Å². The first-order valence-corrected chi connectivity index (χ1v) is 5.87. The third-order valence-corrected chi connectivity index (χ3v) is 2.89. The van der Waals surface area contributed by atoms with Crippen molar-refractivity contribution in [2.45, 2.75) is 6.54 Å². The van der Waals surface area contributed by atoms with Gasteiger partial charge < -0.3 is 5.32 Å². The molecule has 94 valence electrons. The predicted octanol–water partition coefficient (Wildman–Crippen LogP) is 2.10. The van der Waals surface area contributed by atoms with Crippen LogP contribution in [0.5, 0.6) is 0 Å². The van der Waals surface area contributed by atoms with Crippen molar-refractivity contribution in [1.82, 2.24) is 14.8 Å². The summed E-state index contributed by atoms with van der Waals surface area (Å²) in [5.41, 5.74) is 1.14. The number of hydrogen-bond acceptors (Lipinski definition) is 5. The molecule has 18 heavy (non-hydrogen) atoms. The number of anilines is 1. The summed E-state index contributed by atoms with van der Waals surface area (Å²) < 4.78 is 2.22. The van der Waals surface area contributed by atoms with Crippen molar-refractivity contribution in [3.8, 4) is 0 Å². The topological polar surface area (TPSA) is 85.9 Å². The fourth-order valence-electron chi connectivity index (χ4n) is 1.47. The first kappa shape index (κ1) is 12.5. The molecule has 2 heterocycles. The average molecular weight is 312 g/mol. The van der Waals surface area contributed by atoms with E-state index < -0.39 is 4.92 Å². The van der Waals surface area contributed by atoms with Crippen molar-refractivity contribution in [2.24, 2.45) is 7.05 Å². The van der Waals surface area contributed by atoms with Crippen molar-refractivity contribution < 1.29 is 4.92 Å². The minimum atomic E-state index is -0.474. The Morgan fingerprint density at radius 2 is 2.33 bits per heavy atom. The summed E-state index contributed by atoms with van der Waals surface area (Å²) in [6, 6.07) is 1.84. The number of nitrogens with zero attached hydrogens (tertiary/aromatic N) is 4. The highest BCUT2D eigenvalue weighted by Gasteiger charge is 2.17. The first-order valence-electron chi connectivity index (χ1n) is 5.08. The van der Waals surface area contributed by atoms with Gasteiger partial charge in [0.05, 0.1) is 21.6 Å². The molecule has 0 aromatic carbocycles. The van der Waals surface area contributed by atoms with Crippen molar-refractivity contribution in [2.75, 3.05) is 5.32 Å². The summed E-state index contributed by atoms with van der Waals surface area (Å²) in [7, 11) is 1.81. The van der Waals surface area contributed by atoms with E-state index >= 15 is 0 Å². The Kier molecular flexibility index (Phi) is 3.56. The predicted molar refractivity (Wildman–Crippen MR) is 69.1 cm³/mol. The van der Waals surface area contributed by atoms with Gasteiger partial charge in [-0.2, -0.15) is 5.10 Å². The third-order valence-electron chi connectivity index (χ3n) is 2.29. The van der Waals surface area contributed by atoms with Crippen molar-refractivity contribution in [3.05, 3.63) is 44.9 Å². The molecule has 0 unspecified atom stereocenters. The van der Waals surface area contributed by atoms with Gasteiger partial charge in [-0.25, -0.2) is 0 Å². The number of halogens is 1. The van der Waals surface area contributed by atoms with Gasteiger partial charge in [0.15, 0.2) is 0 Å². The Morgan fingerprint density at radius 1 is 1.56 bits per heavy atom. The van der Waals surface area contributed by atoms with Crippen LogP contribution in [0, 0.1) is 10.1 Å². The molecule has 2 aromatic heterocycles. The highest BCUT2D eigenvalue weighted by atomic mass is 79.9. The van der Waals surface area contributed by atoms with E-state index in [1.54, 1.807) is 4.68 Å². The summed E-state index contributed by atoms with van der Waals surface area (Å²) in [6.07, 6.45) is 4.53. The molecule has 2 rings (SSSR count). The fraction of sp³-hybridized carbons (Fsp3) is 0.200. The zero-order valence-corrected chi connectivity index (χ0v) is 11.1. The zero-order valence-electron chi connectivity index (χ0n) is 9.50. The van der Waals surface area contributed by atoms with Crippen LogP contribution < -0.4 is 5.32 Å². The highest BCUT2D eigenvalue weighted by Crippen LogP contribution is 2.31. The minimum absolute atomic E-state index is 0.0692. The van der Waals surface area contributed by atoms with Gasteiger partial charge in [-0.3, -0.25) is 19.8 Å². The summed E-state index contributed by atoms with van der Waals surface area (Å²) in [4.78, 5) is 14.2. The van der Waals surface area contributed by atoms with Gasteiger partial charge in [0.25, 0.3) is 0 Å². The Bertz CT molecular complexity index is 583. The van der Waals surface area contributed by atoms with Crippen LogP contribution in [-0.4, -0.2) is 19.7 Å². The van der Waals surface area contributed by atoms with Gasteiger partial charge in [-0.15, -0.1) is 0 Å². The number of hydrogen-bond donors (Lipinski definition) is 1. The SMILES string of the molecule is Cn1ccc(CNc2c(Br)cncc2[N+](=O)[O-])n1. The molecule has 8 heteroatoms. The largest absolute Gasteiger partial charge is 0.373 e. The maximum Gasteiger partial charge on any atom is 0.311 e. The smallest absolute Gasteiger partial charge is 0.311 e. The lowest BCUT2D eigenvalue weighted by Crippen LogP contribution is -2.05. The van der Waals surface area contributed by atoms with Gasteiger partial charge in [0, 0.05) is 19.4 Å². The van der Waals surface area contributed by atoms with Crippen LogP contribution in [0.15, 0.2) is 29.1 Å². The molecule has 0 amide bonds. The third kappa shape index (κ3) is 2.65. The van der Waals surface area contributed by atoms with Gasteiger partial charge in [0.1, 0.15) is 11.9 Å². The summed E-state index contributed by atoms with van der Waals surface area (Å²) in [5.74, 6) is 0. The maximum atomic E-state index is 10.9. The highest BCUT2D eigenvalue weighted by molar-refractivity contribution is 9.10. The number of nitro groups is 1. The van der Waals surface area contributed by atoms with Gasteiger partial charge >= 0.3 is 5.69 Å². The molecular formula is C10H10BrN5O2. The monoisotopic (exact) mass is 311 g/mol. The molecule has 0 aliphatic rings. The van der Waals surface area contributed by atoms with Crippen molar-refractivity contribution in [1.29, 1.82) is 0 Å². The fourth-order valence-corrected chi connectivity index (χ4v) is 1.94. The Hall–Kier alpha value is -1.96. The molecule has 0 radical (unpaired) electrons. The molecule has 2 aromatic rings. The lowest BCUT2D eigenvalue weighted by molar-refractivity contribution is -0.384. The van der Waals surface area contributed by atoms with Gasteiger partial charge in [-0.1, -0.05) is 0 Å². The molecule has 0 saturated carbocycles. The second-order valence-electron chi connectivity index (χ2n) is 3.61. The number of pyridine rings is 1. The van der Waals surface area contributed by atoms with Crippen LogP contribution in [0.3, 0.4) is 0 Å².